The van der Waals surface area contributed by atoms with Gasteiger partial charge in [-0.1, -0.05) is 29.8 Å². The minimum Gasteiger partial charge on any atom is -0.481 e. The van der Waals surface area contributed by atoms with Crippen LogP contribution in [0.25, 0.3) is 11.3 Å². The average Bonchev–Trinajstić information content (AvgIpc) is 2.91. The Morgan fingerprint density at radius 2 is 2.00 bits per heavy atom. The van der Waals surface area contributed by atoms with E-state index in [1.807, 2.05) is 44.2 Å². The van der Waals surface area contributed by atoms with Crippen LogP contribution < -0.4 is 5.32 Å². The summed E-state index contributed by atoms with van der Waals surface area (Å²) >= 11 is 7.36. The van der Waals surface area contributed by atoms with Gasteiger partial charge in [0.25, 0.3) is 0 Å². The van der Waals surface area contributed by atoms with Crippen LogP contribution in [-0.2, 0) is 11.2 Å². The van der Waals surface area contributed by atoms with Gasteiger partial charge >= 0.3 is 5.97 Å². The number of hydrogen-bond acceptors (Lipinski definition) is 4. The number of benzene rings is 2. The molecule has 2 N–H and O–H groups in total. The maximum absolute atomic E-state index is 11.2. The lowest BCUT2D eigenvalue weighted by Gasteiger charge is -2.05. The maximum atomic E-state index is 11.2. The van der Waals surface area contributed by atoms with Gasteiger partial charge in [0.2, 0.25) is 0 Å². The Morgan fingerprint density at radius 1 is 1.20 bits per heavy atom. The summed E-state index contributed by atoms with van der Waals surface area (Å²) < 4.78 is 0. The zero-order valence-corrected chi connectivity index (χ0v) is 15.4. The number of nitrogens with zero attached hydrogens (tertiary/aromatic N) is 1. The van der Waals surface area contributed by atoms with E-state index in [4.69, 9.17) is 11.6 Å². The first-order valence-corrected chi connectivity index (χ1v) is 8.93. The lowest BCUT2D eigenvalue weighted by molar-refractivity contribution is -0.136. The van der Waals surface area contributed by atoms with Gasteiger partial charge in [-0.05, 0) is 49.2 Å². The van der Waals surface area contributed by atoms with Crippen LogP contribution in [0.5, 0.6) is 0 Å². The van der Waals surface area contributed by atoms with E-state index in [1.165, 1.54) is 16.9 Å². The molecule has 0 saturated heterocycles. The largest absolute Gasteiger partial charge is 0.481 e. The van der Waals surface area contributed by atoms with Crippen LogP contribution in [0, 0.1) is 13.8 Å². The highest BCUT2D eigenvalue weighted by atomic mass is 35.5. The Kier molecular flexibility index (Phi) is 5.06. The lowest BCUT2D eigenvalue weighted by Crippen LogP contribution is -1.99. The molecule has 0 atom stereocenters. The standard InChI is InChI=1S/C19H17ClN2O2S/c1-11-6-7-13(8-12(11)2)18-16(10-17(23)24)25-19(22-18)21-15-5-3-4-14(20)9-15/h3-9H,10H2,1-2H3,(H,21,22)(H,23,24). The topological polar surface area (TPSA) is 62.2 Å². The first-order chi connectivity index (χ1) is 11.9. The van der Waals surface area contributed by atoms with E-state index in [2.05, 4.69) is 10.3 Å². The third kappa shape index (κ3) is 4.18. The summed E-state index contributed by atoms with van der Waals surface area (Å²) in [5.41, 5.74) is 4.79. The summed E-state index contributed by atoms with van der Waals surface area (Å²) in [6.07, 6.45) is -0.0584. The smallest absolute Gasteiger partial charge is 0.308 e. The van der Waals surface area contributed by atoms with Crippen LogP contribution in [0.2, 0.25) is 5.02 Å². The molecule has 0 aliphatic rings. The SMILES string of the molecule is Cc1ccc(-c2nc(Nc3cccc(Cl)c3)sc2CC(=O)O)cc1C. The third-order valence-electron chi connectivity index (χ3n) is 3.87. The fraction of sp³-hybridized carbons (Fsp3) is 0.158. The number of aryl methyl sites for hydroxylation is 2. The fourth-order valence-corrected chi connectivity index (χ4v) is 3.65. The van der Waals surface area contributed by atoms with Crippen LogP contribution in [-0.4, -0.2) is 16.1 Å². The number of nitrogens with one attached hydrogen (secondary N) is 1. The number of hydrogen-bond donors (Lipinski definition) is 2. The molecule has 0 aliphatic carbocycles. The molecule has 1 heterocycles. The van der Waals surface area contributed by atoms with E-state index in [-0.39, 0.29) is 6.42 Å². The van der Waals surface area contributed by atoms with Gasteiger partial charge in [-0.2, -0.15) is 0 Å². The van der Waals surface area contributed by atoms with Gasteiger partial charge in [-0.25, -0.2) is 4.98 Å². The number of aliphatic carboxylic acids is 1. The zero-order chi connectivity index (χ0) is 18.0. The number of halogens is 1. The number of anilines is 2. The van der Waals surface area contributed by atoms with Crippen molar-refractivity contribution in [2.75, 3.05) is 5.32 Å². The van der Waals surface area contributed by atoms with Crippen molar-refractivity contribution in [1.29, 1.82) is 0 Å². The van der Waals surface area contributed by atoms with Gasteiger partial charge in [-0.15, -0.1) is 11.3 Å². The van der Waals surface area contributed by atoms with Crippen LogP contribution in [0.15, 0.2) is 42.5 Å². The van der Waals surface area contributed by atoms with Crippen molar-refractivity contribution in [2.45, 2.75) is 20.3 Å². The van der Waals surface area contributed by atoms with E-state index < -0.39 is 5.97 Å². The Bertz CT molecular complexity index is 937. The van der Waals surface area contributed by atoms with Crippen LogP contribution >= 0.6 is 22.9 Å². The molecule has 3 aromatic rings. The summed E-state index contributed by atoms with van der Waals surface area (Å²) in [6, 6.07) is 13.4. The number of carbonyl (C=O) groups is 1. The zero-order valence-electron chi connectivity index (χ0n) is 13.8. The lowest BCUT2D eigenvalue weighted by atomic mass is 10.0. The average molecular weight is 373 g/mol. The molecule has 25 heavy (non-hydrogen) atoms. The van der Waals surface area contributed by atoms with E-state index in [0.717, 1.165) is 21.7 Å². The second-order valence-electron chi connectivity index (χ2n) is 5.80. The molecule has 0 bridgehead atoms. The molecular weight excluding hydrogens is 356 g/mol. The van der Waals surface area contributed by atoms with Crippen molar-refractivity contribution in [2.24, 2.45) is 0 Å². The first kappa shape index (κ1) is 17.5. The number of thiazole rings is 1. The number of carboxylic acid groups (broad SMARTS) is 1. The van der Waals surface area contributed by atoms with Crippen LogP contribution in [0.4, 0.5) is 10.8 Å². The molecular formula is C19H17ClN2O2S. The molecule has 0 aliphatic heterocycles. The molecule has 4 nitrogen and oxygen atoms in total. The van der Waals surface area contributed by atoms with Gasteiger partial charge in [0.1, 0.15) is 0 Å². The Balaban J connectivity index is 1.99. The van der Waals surface area contributed by atoms with E-state index in [0.29, 0.717) is 15.8 Å². The Labute approximate surface area is 155 Å². The summed E-state index contributed by atoms with van der Waals surface area (Å²) in [6.45, 7) is 4.08. The highest BCUT2D eigenvalue weighted by molar-refractivity contribution is 7.16. The van der Waals surface area contributed by atoms with Crippen molar-refractivity contribution in [3.8, 4) is 11.3 Å². The minimum absolute atomic E-state index is 0.0584. The van der Waals surface area contributed by atoms with Gasteiger partial charge in [0, 0.05) is 21.2 Å². The summed E-state index contributed by atoms with van der Waals surface area (Å²) in [5, 5.41) is 13.7. The maximum Gasteiger partial charge on any atom is 0.308 e. The summed E-state index contributed by atoms with van der Waals surface area (Å²) in [4.78, 5) is 16.6. The van der Waals surface area contributed by atoms with E-state index in [1.54, 1.807) is 12.1 Å². The highest BCUT2D eigenvalue weighted by Gasteiger charge is 2.16. The quantitative estimate of drug-likeness (QED) is 0.625. The molecule has 0 unspecified atom stereocenters. The van der Waals surface area contributed by atoms with Crippen molar-refractivity contribution >= 4 is 39.7 Å². The highest BCUT2D eigenvalue weighted by Crippen LogP contribution is 2.34. The molecule has 3 rings (SSSR count). The second kappa shape index (κ2) is 7.25. The van der Waals surface area contributed by atoms with Crippen molar-refractivity contribution in [1.82, 2.24) is 4.98 Å². The third-order valence-corrected chi connectivity index (χ3v) is 5.07. The van der Waals surface area contributed by atoms with Crippen molar-refractivity contribution in [3.63, 3.8) is 0 Å². The predicted molar refractivity (Wildman–Crippen MR) is 103 cm³/mol. The van der Waals surface area contributed by atoms with Crippen LogP contribution in [0.1, 0.15) is 16.0 Å². The molecule has 0 radical (unpaired) electrons. The molecule has 0 saturated carbocycles. The molecule has 0 spiro atoms. The number of aromatic nitrogens is 1. The first-order valence-electron chi connectivity index (χ1n) is 7.74. The summed E-state index contributed by atoms with van der Waals surface area (Å²) in [7, 11) is 0. The minimum atomic E-state index is -0.872. The number of carboxylic acids is 1. The number of rotatable bonds is 5. The van der Waals surface area contributed by atoms with E-state index >= 15 is 0 Å². The molecule has 1 aromatic heterocycles. The normalized spacial score (nSPS) is 10.7. The Hall–Kier alpha value is -2.37. The second-order valence-corrected chi connectivity index (χ2v) is 7.32. The fourth-order valence-electron chi connectivity index (χ4n) is 2.47. The molecule has 128 valence electrons. The predicted octanol–water partition coefficient (Wildman–Crippen LogP) is 5.45. The van der Waals surface area contributed by atoms with Gasteiger partial charge in [-0.3, -0.25) is 4.79 Å². The van der Waals surface area contributed by atoms with E-state index in [9.17, 15) is 9.90 Å². The van der Waals surface area contributed by atoms with Gasteiger partial charge in [0.15, 0.2) is 5.13 Å². The summed E-state index contributed by atoms with van der Waals surface area (Å²) in [5.74, 6) is -0.872. The van der Waals surface area contributed by atoms with Crippen molar-refractivity contribution < 1.29 is 9.90 Å². The monoisotopic (exact) mass is 372 g/mol. The van der Waals surface area contributed by atoms with Crippen molar-refractivity contribution in [3.05, 3.63) is 63.5 Å². The van der Waals surface area contributed by atoms with Crippen LogP contribution in [0.3, 0.4) is 0 Å². The molecule has 0 amide bonds. The van der Waals surface area contributed by atoms with Gasteiger partial charge in [0.05, 0.1) is 12.1 Å². The van der Waals surface area contributed by atoms with Gasteiger partial charge < -0.3 is 10.4 Å². The Morgan fingerprint density at radius 3 is 2.68 bits per heavy atom. The molecule has 6 heteroatoms. The molecule has 2 aromatic carbocycles. The molecule has 0 fully saturated rings.